The highest BCUT2D eigenvalue weighted by atomic mass is 32.1. The van der Waals surface area contributed by atoms with Crippen LogP contribution in [0.5, 0.6) is 0 Å². The summed E-state index contributed by atoms with van der Waals surface area (Å²) in [6, 6.07) is 4.47. The van der Waals surface area contributed by atoms with Gasteiger partial charge in [0.2, 0.25) is 0 Å². The highest BCUT2D eigenvalue weighted by molar-refractivity contribution is 7.11. The van der Waals surface area contributed by atoms with Crippen LogP contribution in [0.2, 0.25) is 0 Å². The van der Waals surface area contributed by atoms with Gasteiger partial charge in [-0.2, -0.15) is 0 Å². The average Bonchev–Trinajstić information content (AvgIpc) is 2.70. The van der Waals surface area contributed by atoms with Crippen LogP contribution in [-0.2, 0) is 17.7 Å². The number of methoxy groups -OCH3 is 1. The molecule has 0 amide bonds. The summed E-state index contributed by atoms with van der Waals surface area (Å²) in [5.74, 6) is 0. The smallest absolute Gasteiger partial charge is 0.0802 e. The second-order valence-corrected chi connectivity index (χ2v) is 5.82. The number of thiophene rings is 1. The van der Waals surface area contributed by atoms with Crippen molar-refractivity contribution in [1.29, 1.82) is 0 Å². The summed E-state index contributed by atoms with van der Waals surface area (Å²) in [5, 5.41) is 3.52. The molecule has 2 rings (SSSR count). The van der Waals surface area contributed by atoms with Crippen molar-refractivity contribution in [1.82, 2.24) is 5.32 Å². The minimum Gasteiger partial charge on any atom is -0.377 e. The van der Waals surface area contributed by atoms with Gasteiger partial charge in [0, 0.05) is 30.0 Å². The molecule has 1 aliphatic carbocycles. The van der Waals surface area contributed by atoms with Crippen LogP contribution in [0.3, 0.4) is 0 Å². The third-order valence-corrected chi connectivity index (χ3v) is 4.74. The molecule has 1 aromatic rings. The lowest BCUT2D eigenvalue weighted by Gasteiger charge is -2.40. The van der Waals surface area contributed by atoms with Crippen LogP contribution < -0.4 is 5.32 Å². The van der Waals surface area contributed by atoms with E-state index in [0.29, 0.717) is 0 Å². The van der Waals surface area contributed by atoms with E-state index in [9.17, 15) is 0 Å². The third kappa shape index (κ3) is 2.65. The summed E-state index contributed by atoms with van der Waals surface area (Å²) < 4.78 is 5.58. The zero-order valence-corrected chi connectivity index (χ0v) is 11.0. The van der Waals surface area contributed by atoms with E-state index in [1.54, 1.807) is 0 Å². The van der Waals surface area contributed by atoms with Crippen LogP contribution in [0.25, 0.3) is 0 Å². The Morgan fingerprint density at radius 3 is 2.62 bits per heavy atom. The normalized spacial score (nSPS) is 18.4. The van der Waals surface area contributed by atoms with E-state index in [1.165, 1.54) is 29.0 Å². The van der Waals surface area contributed by atoms with Crippen molar-refractivity contribution < 1.29 is 4.74 Å². The van der Waals surface area contributed by atoms with Gasteiger partial charge < -0.3 is 10.1 Å². The summed E-state index contributed by atoms with van der Waals surface area (Å²) >= 11 is 1.91. The van der Waals surface area contributed by atoms with Crippen LogP contribution in [0.4, 0.5) is 0 Å². The van der Waals surface area contributed by atoms with Gasteiger partial charge in [-0.25, -0.2) is 0 Å². The summed E-state index contributed by atoms with van der Waals surface area (Å²) in [4.78, 5) is 2.91. The van der Waals surface area contributed by atoms with E-state index in [1.807, 2.05) is 18.4 Å². The Labute approximate surface area is 102 Å². The van der Waals surface area contributed by atoms with Crippen molar-refractivity contribution in [2.45, 2.75) is 44.8 Å². The summed E-state index contributed by atoms with van der Waals surface area (Å²) in [6.07, 6.45) is 4.88. The van der Waals surface area contributed by atoms with Crippen LogP contribution in [0.15, 0.2) is 12.1 Å². The Morgan fingerprint density at radius 1 is 1.38 bits per heavy atom. The number of aryl methyl sites for hydroxylation is 1. The van der Waals surface area contributed by atoms with Gasteiger partial charge in [-0.1, -0.05) is 6.92 Å². The molecule has 1 heterocycles. The SMILES string of the molecule is CCc1ccc(CNCC2(OC)CCC2)s1. The first-order chi connectivity index (χ1) is 7.78. The largest absolute Gasteiger partial charge is 0.377 e. The van der Waals surface area contributed by atoms with E-state index < -0.39 is 0 Å². The molecule has 0 radical (unpaired) electrons. The molecule has 16 heavy (non-hydrogen) atoms. The van der Waals surface area contributed by atoms with Gasteiger partial charge in [-0.3, -0.25) is 0 Å². The fourth-order valence-electron chi connectivity index (χ4n) is 2.15. The van der Waals surface area contributed by atoms with Gasteiger partial charge >= 0.3 is 0 Å². The zero-order chi connectivity index (χ0) is 11.4. The third-order valence-electron chi connectivity index (χ3n) is 3.51. The highest BCUT2D eigenvalue weighted by Crippen LogP contribution is 2.34. The lowest BCUT2D eigenvalue weighted by molar-refractivity contribution is -0.0695. The molecule has 0 saturated heterocycles. The first kappa shape index (κ1) is 12.1. The molecule has 2 nitrogen and oxygen atoms in total. The Bertz CT molecular complexity index is 325. The predicted molar refractivity (Wildman–Crippen MR) is 69.0 cm³/mol. The Kier molecular flexibility index (Phi) is 4.00. The molecular weight excluding hydrogens is 218 g/mol. The standard InChI is InChI=1S/C13H21NOS/c1-3-11-5-6-12(16-11)9-14-10-13(15-2)7-4-8-13/h5-6,14H,3-4,7-10H2,1-2H3. The van der Waals surface area contributed by atoms with Crippen molar-refractivity contribution in [2.75, 3.05) is 13.7 Å². The maximum atomic E-state index is 5.58. The molecule has 1 aliphatic rings. The molecular formula is C13H21NOS. The first-order valence-electron chi connectivity index (χ1n) is 6.11. The number of nitrogens with one attached hydrogen (secondary N) is 1. The minimum absolute atomic E-state index is 0.144. The van der Waals surface area contributed by atoms with Crippen LogP contribution in [-0.4, -0.2) is 19.3 Å². The molecule has 0 bridgehead atoms. The number of rotatable bonds is 6. The predicted octanol–water partition coefficient (Wildman–Crippen LogP) is 2.97. The van der Waals surface area contributed by atoms with E-state index in [2.05, 4.69) is 24.4 Å². The second kappa shape index (κ2) is 5.30. The van der Waals surface area contributed by atoms with Gasteiger partial charge in [-0.15, -0.1) is 11.3 Å². The molecule has 1 saturated carbocycles. The van der Waals surface area contributed by atoms with Crippen LogP contribution in [0.1, 0.15) is 35.9 Å². The van der Waals surface area contributed by atoms with Gasteiger partial charge in [0.15, 0.2) is 0 Å². The van der Waals surface area contributed by atoms with Gasteiger partial charge in [0.25, 0.3) is 0 Å². The van der Waals surface area contributed by atoms with Gasteiger partial charge in [-0.05, 0) is 37.8 Å². The Morgan fingerprint density at radius 2 is 2.12 bits per heavy atom. The van der Waals surface area contributed by atoms with Crippen LogP contribution >= 0.6 is 11.3 Å². The minimum atomic E-state index is 0.144. The molecule has 0 aliphatic heterocycles. The van der Waals surface area contributed by atoms with E-state index in [0.717, 1.165) is 19.5 Å². The summed E-state index contributed by atoms with van der Waals surface area (Å²) in [6.45, 7) is 4.18. The second-order valence-electron chi connectivity index (χ2n) is 4.57. The van der Waals surface area contributed by atoms with Crippen LogP contribution in [0, 0.1) is 0 Å². The fourth-order valence-corrected chi connectivity index (χ4v) is 3.07. The van der Waals surface area contributed by atoms with Crippen molar-refractivity contribution in [3.8, 4) is 0 Å². The molecule has 1 fully saturated rings. The summed E-state index contributed by atoms with van der Waals surface area (Å²) in [5.41, 5.74) is 0.144. The van der Waals surface area contributed by atoms with Crippen molar-refractivity contribution in [2.24, 2.45) is 0 Å². The van der Waals surface area contributed by atoms with Crippen molar-refractivity contribution >= 4 is 11.3 Å². The zero-order valence-electron chi connectivity index (χ0n) is 10.2. The average molecular weight is 239 g/mol. The Balaban J connectivity index is 1.75. The molecule has 1 N–H and O–H groups in total. The topological polar surface area (TPSA) is 21.3 Å². The van der Waals surface area contributed by atoms with E-state index in [-0.39, 0.29) is 5.60 Å². The van der Waals surface area contributed by atoms with Crippen molar-refractivity contribution in [3.63, 3.8) is 0 Å². The van der Waals surface area contributed by atoms with E-state index in [4.69, 9.17) is 4.74 Å². The van der Waals surface area contributed by atoms with Gasteiger partial charge in [0.1, 0.15) is 0 Å². The molecule has 0 unspecified atom stereocenters. The lowest BCUT2D eigenvalue weighted by Crippen LogP contribution is -2.47. The lowest BCUT2D eigenvalue weighted by atomic mass is 9.80. The monoisotopic (exact) mass is 239 g/mol. The molecule has 1 aromatic heterocycles. The molecule has 0 atom stereocenters. The first-order valence-corrected chi connectivity index (χ1v) is 6.93. The highest BCUT2D eigenvalue weighted by Gasteiger charge is 2.36. The maximum absolute atomic E-state index is 5.58. The number of ether oxygens (including phenoxy) is 1. The molecule has 90 valence electrons. The van der Waals surface area contributed by atoms with E-state index >= 15 is 0 Å². The maximum Gasteiger partial charge on any atom is 0.0802 e. The number of hydrogen-bond donors (Lipinski definition) is 1. The molecule has 0 aromatic carbocycles. The Hall–Kier alpha value is -0.380. The quantitative estimate of drug-likeness (QED) is 0.824. The fraction of sp³-hybridized carbons (Fsp3) is 0.692. The molecule has 0 spiro atoms. The summed E-state index contributed by atoms with van der Waals surface area (Å²) in [7, 11) is 1.83. The number of hydrogen-bond acceptors (Lipinski definition) is 3. The van der Waals surface area contributed by atoms with Gasteiger partial charge in [0.05, 0.1) is 5.60 Å². The van der Waals surface area contributed by atoms with Crippen molar-refractivity contribution in [3.05, 3.63) is 21.9 Å². The molecule has 3 heteroatoms.